The van der Waals surface area contributed by atoms with Gasteiger partial charge in [-0.05, 0) is 19.3 Å². The summed E-state index contributed by atoms with van der Waals surface area (Å²) < 4.78 is 5.75. The van der Waals surface area contributed by atoms with Crippen molar-refractivity contribution in [2.45, 2.75) is 46.5 Å². The molecule has 0 saturated carbocycles. The highest BCUT2D eigenvalue weighted by Crippen LogP contribution is 2.18. The predicted molar refractivity (Wildman–Crippen MR) is 79.4 cm³/mol. The molecule has 0 fully saturated rings. The highest BCUT2D eigenvalue weighted by molar-refractivity contribution is 5.42. The lowest BCUT2D eigenvalue weighted by atomic mass is 10.0. The molecular weight excluding hydrogens is 240 g/mol. The summed E-state index contributed by atoms with van der Waals surface area (Å²) in [5.41, 5.74) is 5.67. The highest BCUT2D eigenvalue weighted by atomic mass is 16.5. The van der Waals surface area contributed by atoms with Crippen LogP contribution in [0.4, 0.5) is 11.8 Å². The van der Waals surface area contributed by atoms with Crippen LogP contribution >= 0.6 is 0 Å². The summed E-state index contributed by atoms with van der Waals surface area (Å²) in [6, 6.07) is 1.80. The van der Waals surface area contributed by atoms with Gasteiger partial charge in [-0.1, -0.05) is 33.1 Å². The van der Waals surface area contributed by atoms with E-state index in [4.69, 9.17) is 10.5 Å². The molecule has 0 amide bonds. The fourth-order valence-corrected chi connectivity index (χ4v) is 1.89. The molecule has 1 aromatic rings. The van der Waals surface area contributed by atoms with Crippen molar-refractivity contribution in [1.82, 2.24) is 9.97 Å². The first-order chi connectivity index (χ1) is 9.19. The minimum atomic E-state index is 0.245. The molecule has 5 nitrogen and oxygen atoms in total. The lowest BCUT2D eigenvalue weighted by Gasteiger charge is -2.15. The maximum Gasteiger partial charge on any atom is 0.225 e. The Labute approximate surface area is 116 Å². The third kappa shape index (κ3) is 5.77. The standard InChI is InChI=1S/C14H26N4O/c1-4-7-8-11(5-2)10-19-13-9-12(16-6-3)17-14(15)18-13/h9,11H,4-8,10H2,1-3H3,(H3,15,16,17,18). The molecule has 0 spiro atoms. The van der Waals surface area contributed by atoms with Gasteiger partial charge in [0.05, 0.1) is 6.61 Å². The van der Waals surface area contributed by atoms with Gasteiger partial charge in [0, 0.05) is 12.6 Å². The molecule has 0 bridgehead atoms. The highest BCUT2D eigenvalue weighted by Gasteiger charge is 2.09. The minimum absolute atomic E-state index is 0.245. The Morgan fingerprint density at radius 2 is 2.11 bits per heavy atom. The molecule has 5 heteroatoms. The molecule has 1 rings (SSSR count). The zero-order valence-electron chi connectivity index (χ0n) is 12.3. The number of anilines is 2. The van der Waals surface area contributed by atoms with Crippen LogP contribution in [0.25, 0.3) is 0 Å². The maximum absolute atomic E-state index is 5.75. The van der Waals surface area contributed by atoms with E-state index in [1.54, 1.807) is 6.07 Å². The zero-order valence-corrected chi connectivity index (χ0v) is 12.3. The normalized spacial score (nSPS) is 12.2. The van der Waals surface area contributed by atoms with Crippen molar-refractivity contribution in [2.24, 2.45) is 5.92 Å². The van der Waals surface area contributed by atoms with Crippen molar-refractivity contribution in [3.8, 4) is 5.88 Å². The van der Waals surface area contributed by atoms with E-state index in [-0.39, 0.29) is 5.95 Å². The van der Waals surface area contributed by atoms with Gasteiger partial charge < -0.3 is 15.8 Å². The van der Waals surface area contributed by atoms with Crippen molar-refractivity contribution in [3.05, 3.63) is 6.07 Å². The molecule has 0 aliphatic carbocycles. The first-order valence-corrected chi connectivity index (χ1v) is 7.20. The minimum Gasteiger partial charge on any atom is -0.477 e. The van der Waals surface area contributed by atoms with E-state index >= 15 is 0 Å². The number of aromatic nitrogens is 2. The second-order valence-corrected chi connectivity index (χ2v) is 4.71. The number of unbranched alkanes of at least 4 members (excludes halogenated alkanes) is 1. The fraction of sp³-hybridized carbons (Fsp3) is 0.714. The number of nitrogens with two attached hydrogens (primary N) is 1. The zero-order chi connectivity index (χ0) is 14.1. The number of hydrogen-bond donors (Lipinski definition) is 2. The van der Waals surface area contributed by atoms with Gasteiger partial charge in [0.1, 0.15) is 5.82 Å². The first kappa shape index (κ1) is 15.5. The van der Waals surface area contributed by atoms with Crippen molar-refractivity contribution in [3.63, 3.8) is 0 Å². The summed E-state index contributed by atoms with van der Waals surface area (Å²) in [6.45, 7) is 7.91. The molecule has 19 heavy (non-hydrogen) atoms. The van der Waals surface area contributed by atoms with Gasteiger partial charge in [-0.25, -0.2) is 0 Å². The van der Waals surface area contributed by atoms with Crippen LogP contribution in [0.15, 0.2) is 6.07 Å². The summed E-state index contributed by atoms with van der Waals surface area (Å²) in [4.78, 5) is 8.20. The predicted octanol–water partition coefficient (Wildman–Crippen LogP) is 3.09. The fourth-order valence-electron chi connectivity index (χ4n) is 1.89. The van der Waals surface area contributed by atoms with Crippen LogP contribution in [0.2, 0.25) is 0 Å². The molecule has 0 aliphatic heterocycles. The smallest absolute Gasteiger partial charge is 0.225 e. The summed E-state index contributed by atoms with van der Waals surface area (Å²) in [5.74, 6) is 2.10. The molecule has 3 N–H and O–H groups in total. The van der Waals surface area contributed by atoms with E-state index in [2.05, 4.69) is 29.1 Å². The lowest BCUT2D eigenvalue weighted by molar-refractivity contribution is 0.226. The van der Waals surface area contributed by atoms with Crippen molar-refractivity contribution in [1.29, 1.82) is 0 Å². The summed E-state index contributed by atoms with van der Waals surface area (Å²) >= 11 is 0. The topological polar surface area (TPSA) is 73.1 Å². The van der Waals surface area contributed by atoms with E-state index in [1.807, 2.05) is 6.92 Å². The Kier molecular flexibility index (Phi) is 7.00. The monoisotopic (exact) mass is 266 g/mol. The number of nitrogens with one attached hydrogen (secondary N) is 1. The molecule has 0 aromatic carbocycles. The molecular formula is C14H26N4O. The molecule has 0 saturated heterocycles. The molecule has 1 unspecified atom stereocenters. The third-order valence-corrected chi connectivity index (χ3v) is 3.09. The Morgan fingerprint density at radius 3 is 2.74 bits per heavy atom. The van der Waals surface area contributed by atoms with Crippen molar-refractivity contribution >= 4 is 11.8 Å². The van der Waals surface area contributed by atoms with Crippen LogP contribution in [0, 0.1) is 5.92 Å². The number of nitrogen functional groups attached to an aromatic ring is 1. The Hall–Kier alpha value is -1.52. The quantitative estimate of drug-likeness (QED) is 0.718. The van der Waals surface area contributed by atoms with Crippen LogP contribution in [0.1, 0.15) is 46.5 Å². The van der Waals surface area contributed by atoms with Gasteiger partial charge in [0.2, 0.25) is 11.8 Å². The SMILES string of the molecule is CCCCC(CC)COc1cc(NCC)nc(N)n1. The van der Waals surface area contributed by atoms with E-state index in [0.717, 1.165) is 13.0 Å². The molecule has 0 aliphatic rings. The number of ether oxygens (including phenoxy) is 1. The Bertz CT molecular complexity index is 370. The third-order valence-electron chi connectivity index (χ3n) is 3.09. The van der Waals surface area contributed by atoms with Crippen LogP contribution in [-0.2, 0) is 0 Å². The molecule has 1 aromatic heterocycles. The Balaban J connectivity index is 2.55. The summed E-state index contributed by atoms with van der Waals surface area (Å²) in [6.07, 6.45) is 4.80. The first-order valence-electron chi connectivity index (χ1n) is 7.20. The summed E-state index contributed by atoms with van der Waals surface area (Å²) in [5, 5.41) is 3.11. The lowest BCUT2D eigenvalue weighted by Crippen LogP contribution is -2.13. The average Bonchev–Trinajstić information content (AvgIpc) is 2.39. The molecule has 1 atom stereocenters. The van der Waals surface area contributed by atoms with Crippen LogP contribution in [0.3, 0.4) is 0 Å². The largest absolute Gasteiger partial charge is 0.477 e. The molecule has 0 radical (unpaired) electrons. The summed E-state index contributed by atoms with van der Waals surface area (Å²) in [7, 11) is 0. The average molecular weight is 266 g/mol. The van der Waals surface area contributed by atoms with Crippen LogP contribution in [0.5, 0.6) is 5.88 Å². The second kappa shape index (κ2) is 8.56. The number of hydrogen-bond acceptors (Lipinski definition) is 5. The van der Waals surface area contributed by atoms with Gasteiger partial charge in [-0.2, -0.15) is 9.97 Å². The number of rotatable bonds is 9. The molecule has 108 valence electrons. The van der Waals surface area contributed by atoms with Gasteiger partial charge >= 0.3 is 0 Å². The Morgan fingerprint density at radius 1 is 1.32 bits per heavy atom. The van der Waals surface area contributed by atoms with E-state index in [0.29, 0.717) is 24.2 Å². The molecule has 1 heterocycles. The van der Waals surface area contributed by atoms with Gasteiger partial charge in [0.25, 0.3) is 0 Å². The van der Waals surface area contributed by atoms with Gasteiger partial charge in [-0.15, -0.1) is 0 Å². The van der Waals surface area contributed by atoms with Gasteiger partial charge in [0.15, 0.2) is 0 Å². The van der Waals surface area contributed by atoms with E-state index < -0.39 is 0 Å². The number of nitrogens with zero attached hydrogens (tertiary/aromatic N) is 2. The van der Waals surface area contributed by atoms with Crippen molar-refractivity contribution < 1.29 is 4.74 Å². The second-order valence-electron chi connectivity index (χ2n) is 4.71. The van der Waals surface area contributed by atoms with Crippen LogP contribution in [-0.4, -0.2) is 23.1 Å². The van der Waals surface area contributed by atoms with E-state index in [1.165, 1.54) is 19.3 Å². The van der Waals surface area contributed by atoms with E-state index in [9.17, 15) is 0 Å². The van der Waals surface area contributed by atoms with Crippen LogP contribution < -0.4 is 15.8 Å². The van der Waals surface area contributed by atoms with Crippen molar-refractivity contribution in [2.75, 3.05) is 24.2 Å². The maximum atomic E-state index is 5.75. The van der Waals surface area contributed by atoms with Gasteiger partial charge in [-0.3, -0.25) is 0 Å².